The molecule has 0 amide bonds. The highest BCUT2D eigenvalue weighted by atomic mass is 32.2. The first-order valence-corrected chi connectivity index (χ1v) is 10.8. The third kappa shape index (κ3) is 7.04. The van der Waals surface area contributed by atoms with Crippen LogP contribution in [-0.2, 0) is 9.84 Å². The summed E-state index contributed by atoms with van der Waals surface area (Å²) >= 11 is 0. The number of benzene rings is 1. The number of nitrogens with zero attached hydrogens (tertiary/aromatic N) is 2. The number of rotatable bonds is 8. The number of likely N-dealkylation sites (tertiary alicyclic amines) is 1. The van der Waals surface area contributed by atoms with Crippen molar-refractivity contribution < 1.29 is 8.42 Å². The second-order valence-corrected chi connectivity index (χ2v) is 8.33. The summed E-state index contributed by atoms with van der Waals surface area (Å²) in [5.74, 6) is 0.732. The minimum absolute atomic E-state index is 0.0492. The Labute approximate surface area is 151 Å². The van der Waals surface area contributed by atoms with E-state index < -0.39 is 9.84 Å². The average molecular weight is 367 g/mol. The molecule has 0 bridgehead atoms. The van der Waals surface area contributed by atoms with E-state index in [-0.39, 0.29) is 5.75 Å². The summed E-state index contributed by atoms with van der Waals surface area (Å²) in [6.45, 7) is 7.10. The zero-order valence-electron chi connectivity index (χ0n) is 15.1. The lowest BCUT2D eigenvalue weighted by atomic mass is 10.1. The van der Waals surface area contributed by atoms with E-state index in [0.29, 0.717) is 17.4 Å². The highest BCUT2D eigenvalue weighted by Gasteiger charge is 2.13. The Morgan fingerprint density at radius 2 is 1.84 bits per heavy atom. The van der Waals surface area contributed by atoms with Crippen molar-refractivity contribution in [3.05, 3.63) is 30.3 Å². The van der Waals surface area contributed by atoms with Crippen LogP contribution in [0, 0.1) is 0 Å². The summed E-state index contributed by atoms with van der Waals surface area (Å²) in [6.07, 6.45) is 3.89. The highest BCUT2D eigenvalue weighted by molar-refractivity contribution is 7.91. The first kappa shape index (κ1) is 19.7. The Hall–Kier alpha value is -1.60. The first-order valence-electron chi connectivity index (χ1n) is 9.14. The number of aliphatic imine (C=N–C) groups is 1. The summed E-state index contributed by atoms with van der Waals surface area (Å²) in [4.78, 5) is 7.36. The number of nitrogens with one attached hydrogen (secondary N) is 2. The molecule has 1 saturated heterocycles. The van der Waals surface area contributed by atoms with Crippen LogP contribution in [0.1, 0.15) is 26.2 Å². The van der Waals surface area contributed by atoms with E-state index in [2.05, 4.69) is 20.5 Å². The predicted molar refractivity (Wildman–Crippen MR) is 103 cm³/mol. The highest BCUT2D eigenvalue weighted by Crippen LogP contribution is 2.09. The fraction of sp³-hybridized carbons (Fsp3) is 0.611. The van der Waals surface area contributed by atoms with E-state index in [4.69, 9.17) is 0 Å². The molecule has 0 radical (unpaired) electrons. The van der Waals surface area contributed by atoms with Crippen LogP contribution in [0.4, 0.5) is 0 Å². The van der Waals surface area contributed by atoms with Crippen molar-refractivity contribution in [3.63, 3.8) is 0 Å². The molecule has 2 N–H and O–H groups in total. The first-order chi connectivity index (χ1) is 12.1. The molecule has 25 heavy (non-hydrogen) atoms. The van der Waals surface area contributed by atoms with Crippen LogP contribution in [-0.4, -0.2) is 64.3 Å². The topological polar surface area (TPSA) is 73.8 Å². The fourth-order valence-electron chi connectivity index (χ4n) is 2.88. The van der Waals surface area contributed by atoms with Crippen molar-refractivity contribution in [2.24, 2.45) is 4.99 Å². The maximum atomic E-state index is 12.3. The molecular formula is C18H30N4O2S. The van der Waals surface area contributed by atoms with Gasteiger partial charge in [-0.25, -0.2) is 8.42 Å². The molecular weight excluding hydrogens is 336 g/mol. The molecule has 0 saturated carbocycles. The summed E-state index contributed by atoms with van der Waals surface area (Å²) in [5, 5.41) is 6.30. The van der Waals surface area contributed by atoms with Gasteiger partial charge in [-0.1, -0.05) is 24.6 Å². The van der Waals surface area contributed by atoms with Gasteiger partial charge in [0.2, 0.25) is 0 Å². The van der Waals surface area contributed by atoms with Gasteiger partial charge in [-0.05, 0) is 45.0 Å². The SMILES string of the molecule is CCNC(=NCCN1CCCCC1)NCCS(=O)(=O)c1ccccc1. The van der Waals surface area contributed by atoms with Crippen molar-refractivity contribution in [2.75, 3.05) is 45.0 Å². The minimum Gasteiger partial charge on any atom is -0.357 e. The lowest BCUT2D eigenvalue weighted by Crippen LogP contribution is -2.40. The van der Waals surface area contributed by atoms with Gasteiger partial charge < -0.3 is 15.5 Å². The van der Waals surface area contributed by atoms with Crippen LogP contribution in [0.3, 0.4) is 0 Å². The molecule has 7 heteroatoms. The molecule has 1 aromatic rings. The molecule has 0 spiro atoms. The standard InChI is InChI=1S/C18H30N4O2S/c1-2-19-18(20-11-15-22-13-7-4-8-14-22)21-12-16-25(23,24)17-9-5-3-6-10-17/h3,5-6,9-10H,2,4,7-8,11-16H2,1H3,(H2,19,20,21). The molecule has 1 aliphatic heterocycles. The molecule has 6 nitrogen and oxygen atoms in total. The van der Waals surface area contributed by atoms with Gasteiger partial charge in [-0.3, -0.25) is 4.99 Å². The molecule has 140 valence electrons. The van der Waals surface area contributed by atoms with Gasteiger partial charge in [-0.15, -0.1) is 0 Å². The second-order valence-electron chi connectivity index (χ2n) is 6.22. The Balaban J connectivity index is 1.79. The molecule has 2 rings (SSSR count). The van der Waals surface area contributed by atoms with Gasteiger partial charge in [0.1, 0.15) is 0 Å². The number of sulfone groups is 1. The summed E-state index contributed by atoms with van der Waals surface area (Å²) in [5.41, 5.74) is 0. The van der Waals surface area contributed by atoms with E-state index in [1.165, 1.54) is 19.3 Å². The van der Waals surface area contributed by atoms with Crippen molar-refractivity contribution in [1.29, 1.82) is 0 Å². The Kier molecular flexibility index (Phi) is 8.21. The fourth-order valence-corrected chi connectivity index (χ4v) is 4.06. The second kappa shape index (κ2) is 10.4. The zero-order valence-corrected chi connectivity index (χ0v) is 15.9. The monoisotopic (exact) mass is 366 g/mol. The van der Waals surface area contributed by atoms with E-state index in [0.717, 1.165) is 32.7 Å². The van der Waals surface area contributed by atoms with E-state index >= 15 is 0 Å². The van der Waals surface area contributed by atoms with Gasteiger partial charge in [0.15, 0.2) is 15.8 Å². The van der Waals surface area contributed by atoms with E-state index in [1.54, 1.807) is 24.3 Å². The summed E-state index contributed by atoms with van der Waals surface area (Å²) < 4.78 is 24.6. The molecule has 1 heterocycles. The van der Waals surface area contributed by atoms with Crippen molar-refractivity contribution in [1.82, 2.24) is 15.5 Å². The van der Waals surface area contributed by atoms with Crippen molar-refractivity contribution in [3.8, 4) is 0 Å². The minimum atomic E-state index is -3.26. The van der Waals surface area contributed by atoms with Gasteiger partial charge in [0.05, 0.1) is 17.2 Å². The third-order valence-corrected chi connectivity index (χ3v) is 5.98. The van der Waals surface area contributed by atoms with Crippen LogP contribution in [0.2, 0.25) is 0 Å². The summed E-state index contributed by atoms with van der Waals surface area (Å²) in [6, 6.07) is 8.56. The maximum Gasteiger partial charge on any atom is 0.191 e. The van der Waals surface area contributed by atoms with Gasteiger partial charge >= 0.3 is 0 Å². The van der Waals surface area contributed by atoms with Gasteiger partial charge in [0.25, 0.3) is 0 Å². The number of hydrogen-bond acceptors (Lipinski definition) is 4. The smallest absolute Gasteiger partial charge is 0.191 e. The molecule has 1 aliphatic rings. The van der Waals surface area contributed by atoms with Gasteiger partial charge in [0, 0.05) is 19.6 Å². The Morgan fingerprint density at radius 3 is 2.52 bits per heavy atom. The quantitative estimate of drug-likeness (QED) is 0.539. The Bertz CT molecular complexity index is 626. The van der Waals surface area contributed by atoms with Crippen molar-refractivity contribution >= 4 is 15.8 Å². The summed E-state index contributed by atoms with van der Waals surface area (Å²) in [7, 11) is -3.26. The lowest BCUT2D eigenvalue weighted by Gasteiger charge is -2.25. The zero-order chi connectivity index (χ0) is 18.0. The molecule has 1 fully saturated rings. The molecule has 0 aliphatic carbocycles. The molecule has 0 atom stereocenters. The normalized spacial score (nSPS) is 16.6. The number of piperidine rings is 1. The van der Waals surface area contributed by atoms with E-state index in [9.17, 15) is 8.42 Å². The van der Waals surface area contributed by atoms with Crippen LogP contribution in [0.25, 0.3) is 0 Å². The molecule has 1 aromatic carbocycles. The van der Waals surface area contributed by atoms with Crippen LogP contribution >= 0.6 is 0 Å². The van der Waals surface area contributed by atoms with Gasteiger partial charge in [-0.2, -0.15) is 0 Å². The van der Waals surface area contributed by atoms with E-state index in [1.807, 2.05) is 13.0 Å². The average Bonchev–Trinajstić information content (AvgIpc) is 2.63. The Morgan fingerprint density at radius 1 is 1.12 bits per heavy atom. The number of guanidine groups is 1. The molecule has 0 aromatic heterocycles. The van der Waals surface area contributed by atoms with Crippen molar-refractivity contribution in [2.45, 2.75) is 31.1 Å². The van der Waals surface area contributed by atoms with Crippen LogP contribution in [0.15, 0.2) is 40.2 Å². The third-order valence-electron chi connectivity index (χ3n) is 4.24. The maximum absolute atomic E-state index is 12.3. The predicted octanol–water partition coefficient (Wildman–Crippen LogP) is 1.50. The number of hydrogen-bond donors (Lipinski definition) is 2. The largest absolute Gasteiger partial charge is 0.357 e. The molecule has 0 unspecified atom stereocenters. The lowest BCUT2D eigenvalue weighted by molar-refractivity contribution is 0.235. The van der Waals surface area contributed by atoms with Crippen LogP contribution in [0.5, 0.6) is 0 Å². The van der Waals surface area contributed by atoms with Crippen LogP contribution < -0.4 is 10.6 Å².